The number of rotatable bonds is 4. The Morgan fingerprint density at radius 1 is 1.33 bits per heavy atom. The maximum Gasteiger partial charge on any atom is 0.337 e. The summed E-state index contributed by atoms with van der Waals surface area (Å²) >= 11 is 0. The Labute approximate surface area is 103 Å². The number of allylic oxidation sites excluding steroid dienone is 3. The lowest BCUT2D eigenvalue weighted by molar-refractivity contribution is -0.111. The minimum atomic E-state index is -1.30. The molecule has 2 N–H and O–H groups in total. The van der Waals surface area contributed by atoms with Crippen molar-refractivity contribution in [1.29, 1.82) is 0 Å². The van der Waals surface area contributed by atoms with E-state index in [2.05, 4.69) is 5.32 Å². The highest BCUT2D eigenvalue weighted by Crippen LogP contribution is 2.19. The first-order valence-electron chi connectivity index (χ1n) is 5.18. The average molecular weight is 249 g/mol. The van der Waals surface area contributed by atoms with Gasteiger partial charge in [-0.3, -0.25) is 4.79 Å². The number of hydrogen-bond donors (Lipinski definition) is 2. The summed E-state index contributed by atoms with van der Waals surface area (Å²) in [6.45, 7) is 1.78. The molecule has 0 saturated carbocycles. The fourth-order valence-electron chi connectivity index (χ4n) is 1.25. The number of para-hydroxylation sites is 1. The number of carboxylic acids is 1. The van der Waals surface area contributed by atoms with E-state index in [0.717, 1.165) is 6.07 Å². The molecule has 94 valence electrons. The number of hydrogen-bond acceptors (Lipinski definition) is 2. The van der Waals surface area contributed by atoms with Crippen LogP contribution in [0.2, 0.25) is 0 Å². The van der Waals surface area contributed by atoms with Gasteiger partial charge in [-0.05, 0) is 19.1 Å². The lowest BCUT2D eigenvalue weighted by Gasteiger charge is -2.07. The van der Waals surface area contributed by atoms with Crippen molar-refractivity contribution in [1.82, 2.24) is 0 Å². The first-order valence-corrected chi connectivity index (χ1v) is 5.18. The van der Waals surface area contributed by atoms with Crippen LogP contribution in [0.15, 0.2) is 42.5 Å². The van der Waals surface area contributed by atoms with Gasteiger partial charge in [-0.15, -0.1) is 0 Å². The zero-order valence-electron chi connectivity index (χ0n) is 9.68. The third-order valence-corrected chi connectivity index (χ3v) is 2.04. The summed E-state index contributed by atoms with van der Waals surface area (Å²) < 4.78 is 13.4. The minimum absolute atomic E-state index is 0.289. The van der Waals surface area contributed by atoms with E-state index in [0.29, 0.717) is 0 Å². The molecule has 1 aromatic rings. The van der Waals surface area contributed by atoms with Crippen LogP contribution in [0.25, 0.3) is 0 Å². The molecule has 0 heterocycles. The van der Waals surface area contributed by atoms with Crippen LogP contribution in [0.1, 0.15) is 17.3 Å². The van der Waals surface area contributed by atoms with Crippen LogP contribution in [0.4, 0.5) is 10.1 Å². The Balaban J connectivity index is 2.96. The Bertz CT molecular complexity index is 521. The van der Waals surface area contributed by atoms with Gasteiger partial charge in [0.2, 0.25) is 5.91 Å². The van der Waals surface area contributed by atoms with Crippen molar-refractivity contribution in [2.45, 2.75) is 6.92 Å². The normalized spacial score (nSPS) is 11.0. The van der Waals surface area contributed by atoms with E-state index in [1.807, 2.05) is 0 Å². The molecule has 0 fully saturated rings. The highest BCUT2D eigenvalue weighted by atomic mass is 19.1. The molecule has 0 bridgehead atoms. The van der Waals surface area contributed by atoms with Crippen molar-refractivity contribution in [3.05, 3.63) is 53.9 Å². The van der Waals surface area contributed by atoms with Gasteiger partial charge < -0.3 is 10.4 Å². The van der Waals surface area contributed by atoms with Crippen molar-refractivity contribution in [2.75, 3.05) is 5.32 Å². The van der Waals surface area contributed by atoms with Crippen molar-refractivity contribution in [3.63, 3.8) is 0 Å². The molecular weight excluding hydrogens is 237 g/mol. The predicted octanol–water partition coefficient (Wildman–Crippen LogP) is 2.59. The molecule has 0 aliphatic heterocycles. The van der Waals surface area contributed by atoms with Crippen LogP contribution >= 0.6 is 0 Å². The van der Waals surface area contributed by atoms with Crippen LogP contribution in [0, 0.1) is 5.82 Å². The minimum Gasteiger partial charge on any atom is -0.478 e. The number of carbonyl (C=O) groups excluding carboxylic acids is 1. The number of amides is 1. The van der Waals surface area contributed by atoms with Gasteiger partial charge in [-0.25, -0.2) is 9.18 Å². The van der Waals surface area contributed by atoms with E-state index in [4.69, 9.17) is 5.11 Å². The van der Waals surface area contributed by atoms with E-state index in [1.165, 1.54) is 24.3 Å². The van der Waals surface area contributed by atoms with Gasteiger partial charge in [-0.2, -0.15) is 0 Å². The van der Waals surface area contributed by atoms with Gasteiger partial charge in [0.25, 0.3) is 0 Å². The molecule has 0 aromatic heterocycles. The van der Waals surface area contributed by atoms with Crippen molar-refractivity contribution >= 4 is 17.6 Å². The van der Waals surface area contributed by atoms with Crippen LogP contribution in [-0.4, -0.2) is 17.0 Å². The summed E-state index contributed by atoms with van der Waals surface area (Å²) in [7, 11) is 0. The number of halogens is 1. The summed E-state index contributed by atoms with van der Waals surface area (Å²) in [6, 6.07) is 3.57. The molecule has 1 amide bonds. The van der Waals surface area contributed by atoms with Crippen molar-refractivity contribution in [2.24, 2.45) is 0 Å². The summed E-state index contributed by atoms with van der Waals surface area (Å²) in [5.74, 6) is -2.69. The van der Waals surface area contributed by atoms with Crippen LogP contribution < -0.4 is 5.32 Å². The van der Waals surface area contributed by atoms with Gasteiger partial charge in [0.1, 0.15) is 5.82 Å². The standard InChI is InChI=1S/C13H12FNO3/c1-2-3-4-8-11(16)15-12-9(13(17)18)6-5-7-10(12)14/h2-8H,1H3,(H,15,16)(H,17,18)/b3-2+,8-4?. The smallest absolute Gasteiger partial charge is 0.337 e. The highest BCUT2D eigenvalue weighted by Gasteiger charge is 2.15. The molecule has 5 heteroatoms. The fourth-order valence-corrected chi connectivity index (χ4v) is 1.25. The number of anilines is 1. The second-order valence-electron chi connectivity index (χ2n) is 3.34. The van der Waals surface area contributed by atoms with Crippen LogP contribution in [0.5, 0.6) is 0 Å². The summed E-state index contributed by atoms with van der Waals surface area (Å²) in [5, 5.41) is 11.1. The maximum atomic E-state index is 13.4. The zero-order chi connectivity index (χ0) is 13.5. The second-order valence-corrected chi connectivity index (χ2v) is 3.34. The summed E-state index contributed by atoms with van der Waals surface area (Å²) in [6.07, 6.45) is 5.99. The molecule has 0 radical (unpaired) electrons. The zero-order valence-corrected chi connectivity index (χ0v) is 9.68. The Kier molecular flexibility index (Phi) is 4.80. The van der Waals surface area contributed by atoms with Gasteiger partial charge in [-0.1, -0.05) is 24.3 Å². The molecule has 1 aromatic carbocycles. The van der Waals surface area contributed by atoms with E-state index in [-0.39, 0.29) is 11.3 Å². The van der Waals surface area contributed by atoms with E-state index >= 15 is 0 Å². The monoisotopic (exact) mass is 249 g/mol. The Hall–Kier alpha value is -2.43. The lowest BCUT2D eigenvalue weighted by atomic mass is 10.1. The quantitative estimate of drug-likeness (QED) is 0.636. The molecule has 0 aliphatic carbocycles. The van der Waals surface area contributed by atoms with Crippen molar-refractivity contribution < 1.29 is 19.1 Å². The number of nitrogens with one attached hydrogen (secondary N) is 1. The van der Waals surface area contributed by atoms with Crippen LogP contribution in [-0.2, 0) is 4.79 Å². The van der Waals surface area contributed by atoms with Gasteiger partial charge in [0, 0.05) is 6.08 Å². The summed E-state index contributed by atoms with van der Waals surface area (Å²) in [5.41, 5.74) is -0.622. The number of aromatic carboxylic acids is 1. The molecule has 18 heavy (non-hydrogen) atoms. The molecule has 0 spiro atoms. The van der Waals surface area contributed by atoms with Crippen molar-refractivity contribution in [3.8, 4) is 0 Å². The number of benzene rings is 1. The Morgan fingerprint density at radius 2 is 2.06 bits per heavy atom. The largest absolute Gasteiger partial charge is 0.478 e. The molecule has 0 aliphatic rings. The first kappa shape index (κ1) is 13.6. The number of carbonyl (C=O) groups is 2. The maximum absolute atomic E-state index is 13.4. The first-order chi connectivity index (χ1) is 8.56. The SMILES string of the molecule is C/C=C/C=CC(=O)Nc1c(F)cccc1C(=O)O. The molecule has 0 atom stereocenters. The van der Waals surface area contributed by atoms with Gasteiger partial charge in [0.15, 0.2) is 0 Å². The molecule has 0 saturated heterocycles. The summed E-state index contributed by atoms with van der Waals surface area (Å²) in [4.78, 5) is 22.3. The highest BCUT2D eigenvalue weighted by molar-refractivity contribution is 6.04. The second kappa shape index (κ2) is 6.34. The third kappa shape index (κ3) is 3.55. The molecule has 1 rings (SSSR count). The molecular formula is C13H12FNO3. The lowest BCUT2D eigenvalue weighted by Crippen LogP contribution is -2.13. The van der Waals surface area contributed by atoms with E-state index < -0.39 is 17.7 Å². The third-order valence-electron chi connectivity index (χ3n) is 2.04. The van der Waals surface area contributed by atoms with Gasteiger partial charge >= 0.3 is 5.97 Å². The van der Waals surface area contributed by atoms with Crippen LogP contribution in [0.3, 0.4) is 0 Å². The topological polar surface area (TPSA) is 66.4 Å². The predicted molar refractivity (Wildman–Crippen MR) is 65.9 cm³/mol. The molecule has 0 unspecified atom stereocenters. The van der Waals surface area contributed by atoms with Gasteiger partial charge in [0.05, 0.1) is 11.3 Å². The number of carboxylic acid groups (broad SMARTS) is 1. The average Bonchev–Trinajstić information content (AvgIpc) is 2.31. The van der Waals surface area contributed by atoms with E-state index in [9.17, 15) is 14.0 Å². The fraction of sp³-hybridized carbons (Fsp3) is 0.0769. The molecule has 4 nitrogen and oxygen atoms in total. The van der Waals surface area contributed by atoms with E-state index in [1.54, 1.807) is 19.1 Å². The Morgan fingerprint density at radius 3 is 2.67 bits per heavy atom.